The van der Waals surface area contributed by atoms with Gasteiger partial charge >= 0.3 is 0 Å². The second kappa shape index (κ2) is 10.4. The largest absolute Gasteiger partial charge is 0.331 e. The highest BCUT2D eigenvalue weighted by Gasteiger charge is 2.23. The molecule has 33 heavy (non-hydrogen) atoms. The Bertz CT molecular complexity index is 1240. The molecule has 0 spiro atoms. The van der Waals surface area contributed by atoms with E-state index in [-0.39, 0.29) is 5.57 Å². The molecule has 4 rings (SSSR count). The maximum atomic E-state index is 14.4. The maximum Gasteiger partial charge on any atom is 0.187 e. The number of nitrogens with one attached hydrogen (secondary N) is 1. The number of allylic oxidation sites excluding steroid dienone is 4. The Labute approximate surface area is 200 Å². The molecule has 0 saturated carbocycles. The molecule has 2 aromatic heterocycles. The van der Waals surface area contributed by atoms with Crippen molar-refractivity contribution < 1.29 is 8.78 Å². The van der Waals surface area contributed by atoms with Gasteiger partial charge in [0.25, 0.3) is 0 Å². The van der Waals surface area contributed by atoms with Gasteiger partial charge in [-0.15, -0.1) is 11.3 Å². The van der Waals surface area contributed by atoms with Crippen molar-refractivity contribution in [1.29, 1.82) is 0 Å². The second-order valence-corrected chi connectivity index (χ2v) is 9.57. The summed E-state index contributed by atoms with van der Waals surface area (Å²) in [5, 5.41) is 6.78. The summed E-state index contributed by atoms with van der Waals surface area (Å²) in [5.41, 5.74) is 4.70. The second-order valence-electron chi connectivity index (χ2n) is 7.68. The minimum atomic E-state index is -0.848. The lowest BCUT2D eigenvalue weighted by molar-refractivity contribution is 0.616. The van der Waals surface area contributed by atoms with Crippen LogP contribution >= 0.6 is 22.7 Å². The standard InChI is InChI=1S/C26H25F2N3S2/c1-4-6-12-21(23(16(3)27)20(28)5-2)30-26-31-22-13-8-9-17-18(24(22)33-26)10-7-11-19(17)25-29-14-15-32-25/h5,7,10-12,14-15H,2-4,6,8-9,13H2,1H3,(H,30,31)/b21-12?,23-20-. The van der Waals surface area contributed by atoms with Crippen LogP contribution in [0.5, 0.6) is 0 Å². The third-order valence-corrected chi connectivity index (χ3v) is 7.31. The third kappa shape index (κ3) is 4.89. The summed E-state index contributed by atoms with van der Waals surface area (Å²) >= 11 is 3.14. The molecule has 0 unspecified atom stereocenters. The van der Waals surface area contributed by atoms with Crippen molar-refractivity contribution in [1.82, 2.24) is 9.97 Å². The molecule has 0 saturated heterocycles. The van der Waals surface area contributed by atoms with Crippen molar-refractivity contribution in [3.05, 3.63) is 89.3 Å². The molecule has 1 aliphatic rings. The van der Waals surface area contributed by atoms with Crippen LogP contribution in [0.3, 0.4) is 0 Å². The normalized spacial score (nSPS) is 14.1. The van der Waals surface area contributed by atoms with Crippen molar-refractivity contribution in [3.8, 4) is 21.0 Å². The molecular weight excluding hydrogens is 456 g/mol. The molecule has 170 valence electrons. The van der Waals surface area contributed by atoms with Crippen LogP contribution in [-0.4, -0.2) is 9.97 Å². The Hall–Kier alpha value is -2.90. The van der Waals surface area contributed by atoms with Crippen molar-refractivity contribution in [2.45, 2.75) is 39.0 Å². The van der Waals surface area contributed by atoms with Gasteiger partial charge in [0.15, 0.2) is 5.13 Å². The van der Waals surface area contributed by atoms with E-state index in [4.69, 9.17) is 4.98 Å². The van der Waals surface area contributed by atoms with E-state index >= 15 is 0 Å². The molecule has 1 aromatic carbocycles. The van der Waals surface area contributed by atoms with Gasteiger partial charge in [-0.25, -0.2) is 18.7 Å². The zero-order valence-corrected chi connectivity index (χ0v) is 20.1. The Morgan fingerprint density at radius 2 is 2.06 bits per heavy atom. The topological polar surface area (TPSA) is 37.8 Å². The van der Waals surface area contributed by atoms with Crippen LogP contribution in [0.15, 0.2) is 78.0 Å². The highest BCUT2D eigenvalue weighted by molar-refractivity contribution is 7.19. The first-order valence-corrected chi connectivity index (χ1v) is 12.6. The van der Waals surface area contributed by atoms with E-state index in [1.165, 1.54) is 16.9 Å². The Kier molecular flexibility index (Phi) is 7.30. The Morgan fingerprint density at radius 1 is 1.24 bits per heavy atom. The zero-order chi connectivity index (χ0) is 23.4. The molecule has 2 heterocycles. The molecule has 0 amide bonds. The summed E-state index contributed by atoms with van der Waals surface area (Å²) in [5.74, 6) is -1.60. The summed E-state index contributed by atoms with van der Waals surface area (Å²) in [7, 11) is 0. The van der Waals surface area contributed by atoms with Gasteiger partial charge in [-0.05, 0) is 42.9 Å². The molecular formula is C26H25F2N3S2. The molecule has 1 aliphatic carbocycles. The summed E-state index contributed by atoms with van der Waals surface area (Å²) < 4.78 is 28.6. The van der Waals surface area contributed by atoms with Crippen LogP contribution in [0.2, 0.25) is 0 Å². The van der Waals surface area contributed by atoms with E-state index in [9.17, 15) is 8.78 Å². The van der Waals surface area contributed by atoms with Crippen LogP contribution in [-0.2, 0) is 12.8 Å². The van der Waals surface area contributed by atoms with Crippen LogP contribution in [0.4, 0.5) is 13.9 Å². The lowest BCUT2D eigenvalue weighted by Gasteiger charge is -2.12. The Morgan fingerprint density at radius 3 is 2.76 bits per heavy atom. The SMILES string of the molecule is C=C/C(F)=C(\C(=C)F)C(=CCCC)Nc1nc2c(s1)-c1cccc(-c3nccs3)c1CCC2. The number of hydrogen-bond acceptors (Lipinski definition) is 5. The average molecular weight is 482 g/mol. The zero-order valence-electron chi connectivity index (χ0n) is 18.5. The smallest absolute Gasteiger partial charge is 0.187 e. The predicted octanol–water partition coefficient (Wildman–Crippen LogP) is 8.41. The molecule has 7 heteroatoms. The molecule has 0 aliphatic heterocycles. The van der Waals surface area contributed by atoms with Crippen molar-refractivity contribution in [2.24, 2.45) is 0 Å². The Balaban J connectivity index is 1.76. The summed E-state index contributed by atoms with van der Waals surface area (Å²) in [6, 6.07) is 6.30. The molecule has 0 bridgehead atoms. The first-order valence-electron chi connectivity index (χ1n) is 10.9. The quantitative estimate of drug-likeness (QED) is 0.328. The first kappa shape index (κ1) is 23.3. The lowest BCUT2D eigenvalue weighted by atomic mass is 9.98. The van der Waals surface area contributed by atoms with Crippen LogP contribution in [0.25, 0.3) is 21.0 Å². The van der Waals surface area contributed by atoms with Gasteiger partial charge in [0.1, 0.15) is 16.7 Å². The van der Waals surface area contributed by atoms with Gasteiger partial charge in [-0.2, -0.15) is 0 Å². The van der Waals surface area contributed by atoms with E-state index in [1.807, 2.05) is 18.5 Å². The van der Waals surface area contributed by atoms with Gasteiger partial charge in [0.05, 0.1) is 16.1 Å². The summed E-state index contributed by atoms with van der Waals surface area (Å²) in [6.45, 7) is 8.77. The highest BCUT2D eigenvalue weighted by Crippen LogP contribution is 2.43. The fraction of sp³-hybridized carbons (Fsp3) is 0.231. The van der Waals surface area contributed by atoms with Gasteiger partial charge < -0.3 is 5.32 Å². The van der Waals surface area contributed by atoms with E-state index in [1.54, 1.807) is 17.4 Å². The fourth-order valence-corrected chi connectivity index (χ4v) is 5.74. The molecule has 3 nitrogen and oxygen atoms in total. The molecule has 0 atom stereocenters. The number of nitrogens with zero attached hydrogens (tertiary/aromatic N) is 2. The predicted molar refractivity (Wildman–Crippen MR) is 136 cm³/mol. The lowest BCUT2D eigenvalue weighted by Crippen LogP contribution is -2.05. The fourth-order valence-electron chi connectivity index (χ4n) is 3.97. The number of rotatable bonds is 8. The molecule has 3 aromatic rings. The number of hydrogen-bond donors (Lipinski definition) is 1. The number of unbranched alkanes of at least 4 members (excludes halogenated alkanes) is 1. The van der Waals surface area contributed by atoms with Gasteiger partial charge in [0, 0.05) is 22.8 Å². The maximum absolute atomic E-state index is 14.4. The number of halogens is 2. The van der Waals surface area contributed by atoms with Gasteiger partial charge in [-0.1, -0.05) is 62.1 Å². The summed E-state index contributed by atoms with van der Waals surface area (Å²) in [6.07, 6.45) is 8.88. The molecule has 1 N–H and O–H groups in total. The van der Waals surface area contributed by atoms with Crippen LogP contribution in [0, 0.1) is 0 Å². The van der Waals surface area contributed by atoms with Crippen LogP contribution < -0.4 is 5.32 Å². The number of thiazole rings is 2. The van der Waals surface area contributed by atoms with Crippen molar-refractivity contribution in [3.63, 3.8) is 0 Å². The van der Waals surface area contributed by atoms with Crippen molar-refractivity contribution >= 4 is 27.8 Å². The monoisotopic (exact) mass is 481 g/mol. The van der Waals surface area contributed by atoms with E-state index in [2.05, 4.69) is 41.7 Å². The summed E-state index contributed by atoms with van der Waals surface area (Å²) in [4.78, 5) is 10.4. The highest BCUT2D eigenvalue weighted by atomic mass is 32.1. The minimum Gasteiger partial charge on any atom is -0.331 e. The number of aryl methyl sites for hydroxylation is 1. The minimum absolute atomic E-state index is 0.213. The van der Waals surface area contributed by atoms with E-state index in [0.29, 0.717) is 17.2 Å². The van der Waals surface area contributed by atoms with Crippen LogP contribution in [0.1, 0.15) is 37.4 Å². The number of benzene rings is 1. The van der Waals surface area contributed by atoms with E-state index in [0.717, 1.165) is 58.5 Å². The molecule has 0 radical (unpaired) electrons. The number of anilines is 1. The van der Waals surface area contributed by atoms with E-state index < -0.39 is 11.7 Å². The first-order chi connectivity index (χ1) is 16.0. The third-order valence-electron chi connectivity index (χ3n) is 5.46. The molecule has 0 fully saturated rings. The average Bonchev–Trinajstić information content (AvgIpc) is 3.44. The van der Waals surface area contributed by atoms with Crippen molar-refractivity contribution in [2.75, 3.05) is 5.32 Å². The number of aromatic nitrogens is 2. The van der Waals surface area contributed by atoms with Gasteiger partial charge in [0.2, 0.25) is 0 Å². The van der Waals surface area contributed by atoms with Gasteiger partial charge in [-0.3, -0.25) is 0 Å². The number of fused-ring (bicyclic) bond motifs is 3.